The van der Waals surface area contributed by atoms with Gasteiger partial charge < -0.3 is 24.8 Å². The Morgan fingerprint density at radius 1 is 1.03 bits per heavy atom. The number of amides is 4. The van der Waals surface area contributed by atoms with Gasteiger partial charge in [0.25, 0.3) is 0 Å². The maximum absolute atomic E-state index is 13.0. The van der Waals surface area contributed by atoms with Gasteiger partial charge in [-0.1, -0.05) is 42.0 Å². The minimum absolute atomic E-state index is 0.110. The summed E-state index contributed by atoms with van der Waals surface area (Å²) < 4.78 is 5.60. The molecule has 0 radical (unpaired) electrons. The van der Waals surface area contributed by atoms with Gasteiger partial charge in [0, 0.05) is 38.8 Å². The molecule has 1 N–H and O–H groups in total. The average molecular weight is 437 g/mol. The van der Waals surface area contributed by atoms with Crippen molar-refractivity contribution in [3.05, 3.63) is 59.7 Å². The smallest absolute Gasteiger partial charge is 0.321 e. The first-order valence-corrected chi connectivity index (χ1v) is 11.4. The van der Waals surface area contributed by atoms with Crippen molar-refractivity contribution in [3.63, 3.8) is 0 Å². The molecule has 0 atom stereocenters. The number of anilines is 1. The van der Waals surface area contributed by atoms with Crippen molar-refractivity contribution in [1.82, 2.24) is 14.7 Å². The van der Waals surface area contributed by atoms with Gasteiger partial charge in [-0.05, 0) is 44.4 Å². The van der Waals surface area contributed by atoms with Crippen molar-refractivity contribution in [2.45, 2.75) is 39.3 Å². The summed E-state index contributed by atoms with van der Waals surface area (Å²) in [5.74, 6) is 0.676. The van der Waals surface area contributed by atoms with Gasteiger partial charge in [0.05, 0.1) is 12.3 Å². The molecule has 0 bridgehead atoms. The van der Waals surface area contributed by atoms with Crippen LogP contribution in [-0.2, 0) is 6.54 Å². The molecule has 2 fully saturated rings. The zero-order chi connectivity index (χ0) is 22.5. The fourth-order valence-electron chi connectivity index (χ4n) is 4.43. The number of nitrogens with zero attached hydrogens (tertiary/aromatic N) is 3. The van der Waals surface area contributed by atoms with Crippen LogP contribution < -0.4 is 10.1 Å². The van der Waals surface area contributed by atoms with E-state index in [4.69, 9.17) is 4.74 Å². The van der Waals surface area contributed by atoms with Crippen molar-refractivity contribution in [3.8, 4) is 5.75 Å². The molecule has 2 aliphatic heterocycles. The lowest BCUT2D eigenvalue weighted by Crippen LogP contribution is -2.49. The van der Waals surface area contributed by atoms with Crippen molar-refractivity contribution in [1.29, 1.82) is 0 Å². The van der Waals surface area contributed by atoms with E-state index in [-0.39, 0.29) is 18.1 Å². The maximum atomic E-state index is 13.0. The summed E-state index contributed by atoms with van der Waals surface area (Å²) in [4.78, 5) is 31.5. The number of ether oxygens (including phenoxy) is 1. The number of nitrogens with one attached hydrogen (secondary N) is 1. The molecule has 2 heterocycles. The number of rotatable bonds is 6. The second-order valence-corrected chi connectivity index (χ2v) is 8.46. The number of hydrogen-bond donors (Lipinski definition) is 1. The van der Waals surface area contributed by atoms with Gasteiger partial charge in [0.15, 0.2) is 0 Å². The van der Waals surface area contributed by atoms with Crippen LogP contribution >= 0.6 is 0 Å². The van der Waals surface area contributed by atoms with Gasteiger partial charge in [-0.25, -0.2) is 9.59 Å². The van der Waals surface area contributed by atoms with Gasteiger partial charge in [-0.2, -0.15) is 0 Å². The van der Waals surface area contributed by atoms with E-state index in [0.29, 0.717) is 37.7 Å². The molecule has 0 spiro atoms. The molecule has 2 aliphatic rings. The monoisotopic (exact) mass is 436 g/mol. The van der Waals surface area contributed by atoms with Gasteiger partial charge >= 0.3 is 12.1 Å². The number of piperidine rings is 1. The van der Waals surface area contributed by atoms with Crippen LogP contribution in [-0.4, -0.2) is 65.6 Å². The van der Waals surface area contributed by atoms with Gasteiger partial charge in [0.2, 0.25) is 0 Å². The first-order chi connectivity index (χ1) is 15.5. The lowest BCUT2D eigenvalue weighted by molar-refractivity contribution is 0.139. The SMILES string of the molecule is CCOc1ccccc1NC(=O)N1CCC(N2CCN(Cc3ccc(C)cc3)C2=O)CC1. The number of likely N-dealkylation sites (tertiary alicyclic amines) is 1. The third kappa shape index (κ3) is 4.98. The van der Waals surface area contributed by atoms with E-state index in [2.05, 4.69) is 36.5 Å². The fraction of sp³-hybridized carbons (Fsp3) is 0.440. The van der Waals surface area contributed by atoms with E-state index in [1.165, 1.54) is 5.56 Å². The molecular formula is C25H32N4O3. The molecule has 7 heteroatoms. The Balaban J connectivity index is 1.28. The largest absolute Gasteiger partial charge is 0.492 e. The molecule has 0 saturated carbocycles. The van der Waals surface area contributed by atoms with E-state index in [1.54, 1.807) is 0 Å². The molecule has 0 aromatic heterocycles. The Bertz CT molecular complexity index is 938. The Hall–Kier alpha value is -3.22. The van der Waals surface area contributed by atoms with Crippen LogP contribution in [0.2, 0.25) is 0 Å². The molecule has 0 aliphatic carbocycles. The third-order valence-corrected chi connectivity index (χ3v) is 6.24. The molecule has 7 nitrogen and oxygen atoms in total. The third-order valence-electron chi connectivity index (χ3n) is 6.24. The van der Waals surface area contributed by atoms with Gasteiger partial charge in [-0.15, -0.1) is 0 Å². The zero-order valence-corrected chi connectivity index (χ0v) is 18.9. The van der Waals surface area contributed by atoms with E-state index in [1.807, 2.05) is 45.9 Å². The highest BCUT2D eigenvalue weighted by atomic mass is 16.5. The highest BCUT2D eigenvalue weighted by Crippen LogP contribution is 2.26. The summed E-state index contributed by atoms with van der Waals surface area (Å²) >= 11 is 0. The molecule has 170 valence electrons. The molecular weight excluding hydrogens is 404 g/mol. The number of carbonyl (C=O) groups excluding carboxylic acids is 2. The maximum Gasteiger partial charge on any atom is 0.321 e. The minimum Gasteiger partial charge on any atom is -0.492 e. The number of benzene rings is 2. The predicted molar refractivity (Wildman–Crippen MR) is 125 cm³/mol. The lowest BCUT2D eigenvalue weighted by atomic mass is 10.0. The van der Waals surface area contributed by atoms with E-state index in [0.717, 1.165) is 31.5 Å². The van der Waals surface area contributed by atoms with Crippen molar-refractivity contribution < 1.29 is 14.3 Å². The summed E-state index contributed by atoms with van der Waals surface area (Å²) in [6, 6.07) is 16.0. The lowest BCUT2D eigenvalue weighted by Gasteiger charge is -2.36. The first-order valence-electron chi connectivity index (χ1n) is 11.4. The quantitative estimate of drug-likeness (QED) is 0.733. The zero-order valence-electron chi connectivity index (χ0n) is 18.9. The van der Waals surface area contributed by atoms with Gasteiger partial charge in [-0.3, -0.25) is 0 Å². The second kappa shape index (κ2) is 9.94. The number of urea groups is 2. The Morgan fingerprint density at radius 3 is 2.47 bits per heavy atom. The molecule has 2 saturated heterocycles. The van der Waals surface area contributed by atoms with Crippen LogP contribution in [0.5, 0.6) is 5.75 Å². The first kappa shape index (κ1) is 22.0. The summed E-state index contributed by atoms with van der Waals surface area (Å²) in [6.07, 6.45) is 1.59. The van der Waals surface area contributed by atoms with Crippen LogP contribution in [0.25, 0.3) is 0 Å². The number of aryl methyl sites for hydroxylation is 1. The van der Waals surface area contributed by atoms with Crippen molar-refractivity contribution in [2.75, 3.05) is 38.1 Å². The van der Waals surface area contributed by atoms with Crippen LogP contribution in [0, 0.1) is 6.92 Å². The highest BCUT2D eigenvalue weighted by molar-refractivity contribution is 5.91. The molecule has 4 amide bonds. The van der Waals surface area contributed by atoms with E-state index < -0.39 is 0 Å². The highest BCUT2D eigenvalue weighted by Gasteiger charge is 2.36. The molecule has 32 heavy (non-hydrogen) atoms. The van der Waals surface area contributed by atoms with Crippen molar-refractivity contribution >= 4 is 17.7 Å². The normalized spacial score (nSPS) is 17.1. The summed E-state index contributed by atoms with van der Waals surface area (Å²) in [5.41, 5.74) is 3.06. The average Bonchev–Trinajstić information content (AvgIpc) is 3.17. The summed E-state index contributed by atoms with van der Waals surface area (Å²) in [7, 11) is 0. The number of para-hydroxylation sites is 2. The second-order valence-electron chi connectivity index (χ2n) is 8.46. The van der Waals surface area contributed by atoms with Crippen molar-refractivity contribution in [2.24, 2.45) is 0 Å². The Labute approximate surface area is 189 Å². The number of carbonyl (C=O) groups is 2. The Kier molecular flexibility index (Phi) is 6.83. The van der Waals surface area contributed by atoms with Crippen LogP contribution in [0.3, 0.4) is 0 Å². The molecule has 0 unspecified atom stereocenters. The summed E-state index contributed by atoms with van der Waals surface area (Å²) in [6.45, 7) is 7.95. The van der Waals surface area contributed by atoms with Gasteiger partial charge in [0.1, 0.15) is 5.75 Å². The standard InChI is InChI=1S/C25H32N4O3/c1-3-32-23-7-5-4-6-22(23)26-24(30)27-14-12-21(13-15-27)29-17-16-28(25(29)31)18-20-10-8-19(2)9-11-20/h4-11,21H,3,12-18H2,1-2H3,(H,26,30). The minimum atomic E-state index is -0.121. The van der Waals surface area contributed by atoms with Crippen LogP contribution in [0.4, 0.5) is 15.3 Å². The molecule has 2 aromatic rings. The predicted octanol–water partition coefficient (Wildman–Crippen LogP) is 4.33. The summed E-state index contributed by atoms with van der Waals surface area (Å²) in [5, 5.41) is 2.97. The van der Waals surface area contributed by atoms with Crippen LogP contribution in [0.1, 0.15) is 30.9 Å². The number of hydrogen-bond acceptors (Lipinski definition) is 3. The molecule has 2 aromatic carbocycles. The van der Waals surface area contributed by atoms with E-state index in [9.17, 15) is 9.59 Å². The fourth-order valence-corrected chi connectivity index (χ4v) is 4.43. The molecule has 4 rings (SSSR count). The van der Waals surface area contributed by atoms with E-state index >= 15 is 0 Å². The topological polar surface area (TPSA) is 65.1 Å². The van der Waals surface area contributed by atoms with Crippen LogP contribution in [0.15, 0.2) is 48.5 Å². The Morgan fingerprint density at radius 2 is 1.75 bits per heavy atom.